The zero-order valence-electron chi connectivity index (χ0n) is 9.66. The summed E-state index contributed by atoms with van der Waals surface area (Å²) in [6.07, 6.45) is 0. The van der Waals surface area contributed by atoms with E-state index in [0.717, 1.165) is 5.69 Å². The largest absolute Gasteiger partial charge is 0.396 e. The molecule has 16 heavy (non-hydrogen) atoms. The number of hydrogen-bond donors (Lipinski definition) is 3. The van der Waals surface area contributed by atoms with Crippen molar-refractivity contribution < 1.29 is 9.90 Å². The zero-order valence-corrected chi connectivity index (χ0v) is 9.66. The Labute approximate surface area is 95.5 Å². The van der Waals surface area contributed by atoms with Crippen LogP contribution in [0.1, 0.15) is 24.2 Å². The second-order valence-electron chi connectivity index (χ2n) is 4.62. The van der Waals surface area contributed by atoms with E-state index in [9.17, 15) is 4.79 Å². The van der Waals surface area contributed by atoms with E-state index in [0.29, 0.717) is 12.1 Å². The standard InChI is InChI=1S/C12H18N2O2/c1-12(2,8-15)7-14-10-5-3-4-9(6-10)11(13)16/h3-6,14-15H,7-8H2,1-2H3,(H2,13,16). The second-order valence-corrected chi connectivity index (χ2v) is 4.62. The number of nitrogens with two attached hydrogens (primary N) is 1. The summed E-state index contributed by atoms with van der Waals surface area (Å²) in [6.45, 7) is 4.65. The number of carbonyl (C=O) groups excluding carboxylic acids is 1. The molecule has 0 aliphatic heterocycles. The smallest absolute Gasteiger partial charge is 0.248 e. The van der Waals surface area contributed by atoms with Crippen molar-refractivity contribution in [2.45, 2.75) is 13.8 Å². The minimum Gasteiger partial charge on any atom is -0.396 e. The van der Waals surface area contributed by atoms with Crippen LogP contribution in [-0.4, -0.2) is 24.2 Å². The van der Waals surface area contributed by atoms with E-state index in [-0.39, 0.29) is 12.0 Å². The highest BCUT2D eigenvalue weighted by molar-refractivity contribution is 5.93. The fourth-order valence-electron chi connectivity index (χ4n) is 1.18. The van der Waals surface area contributed by atoms with Gasteiger partial charge in [-0.15, -0.1) is 0 Å². The Morgan fingerprint density at radius 3 is 2.75 bits per heavy atom. The molecule has 0 heterocycles. The Hall–Kier alpha value is -1.55. The molecule has 0 spiro atoms. The van der Waals surface area contributed by atoms with Gasteiger partial charge in [0.25, 0.3) is 0 Å². The van der Waals surface area contributed by atoms with Gasteiger partial charge in [-0.1, -0.05) is 19.9 Å². The van der Waals surface area contributed by atoms with Crippen molar-refractivity contribution >= 4 is 11.6 Å². The van der Waals surface area contributed by atoms with E-state index < -0.39 is 5.91 Å². The topological polar surface area (TPSA) is 75.3 Å². The van der Waals surface area contributed by atoms with Gasteiger partial charge in [-0.2, -0.15) is 0 Å². The fraction of sp³-hybridized carbons (Fsp3) is 0.417. The Morgan fingerprint density at radius 2 is 2.19 bits per heavy atom. The lowest BCUT2D eigenvalue weighted by Crippen LogP contribution is -2.26. The SMILES string of the molecule is CC(C)(CO)CNc1cccc(C(N)=O)c1. The molecule has 4 N–H and O–H groups in total. The molecule has 88 valence electrons. The molecule has 1 rings (SSSR count). The molecular weight excluding hydrogens is 204 g/mol. The van der Waals surface area contributed by atoms with Crippen molar-refractivity contribution in [1.82, 2.24) is 0 Å². The Balaban J connectivity index is 2.68. The maximum Gasteiger partial charge on any atom is 0.248 e. The summed E-state index contributed by atoms with van der Waals surface area (Å²) in [5.41, 5.74) is 6.30. The summed E-state index contributed by atoms with van der Waals surface area (Å²) >= 11 is 0. The molecule has 0 saturated heterocycles. The van der Waals surface area contributed by atoms with Gasteiger partial charge < -0.3 is 16.2 Å². The van der Waals surface area contributed by atoms with Crippen LogP contribution in [0.5, 0.6) is 0 Å². The molecule has 0 aliphatic carbocycles. The molecule has 0 bridgehead atoms. The van der Waals surface area contributed by atoms with Crippen molar-refractivity contribution in [2.24, 2.45) is 11.1 Å². The number of nitrogens with one attached hydrogen (secondary N) is 1. The first-order valence-corrected chi connectivity index (χ1v) is 5.19. The third-order valence-corrected chi connectivity index (χ3v) is 2.35. The molecular formula is C12H18N2O2. The number of rotatable bonds is 5. The third-order valence-electron chi connectivity index (χ3n) is 2.35. The van der Waals surface area contributed by atoms with E-state index in [1.807, 2.05) is 19.9 Å². The molecule has 0 atom stereocenters. The quantitative estimate of drug-likeness (QED) is 0.701. The highest BCUT2D eigenvalue weighted by Crippen LogP contribution is 2.16. The van der Waals surface area contributed by atoms with Crippen molar-refractivity contribution in [3.05, 3.63) is 29.8 Å². The van der Waals surface area contributed by atoms with E-state index in [1.165, 1.54) is 0 Å². The maximum atomic E-state index is 11.0. The number of benzene rings is 1. The highest BCUT2D eigenvalue weighted by Gasteiger charge is 2.15. The second kappa shape index (κ2) is 4.99. The van der Waals surface area contributed by atoms with Crippen LogP contribution < -0.4 is 11.1 Å². The number of aliphatic hydroxyl groups is 1. The number of carbonyl (C=O) groups is 1. The predicted molar refractivity (Wildman–Crippen MR) is 64.3 cm³/mol. The van der Waals surface area contributed by atoms with Crippen LogP contribution in [-0.2, 0) is 0 Å². The van der Waals surface area contributed by atoms with E-state index in [1.54, 1.807) is 18.2 Å². The number of primary amides is 1. The molecule has 0 radical (unpaired) electrons. The number of aliphatic hydroxyl groups excluding tert-OH is 1. The minimum absolute atomic E-state index is 0.107. The Morgan fingerprint density at radius 1 is 1.50 bits per heavy atom. The van der Waals surface area contributed by atoms with E-state index >= 15 is 0 Å². The summed E-state index contributed by atoms with van der Waals surface area (Å²) in [6, 6.07) is 7.01. The molecule has 1 amide bonds. The lowest BCUT2D eigenvalue weighted by Gasteiger charge is -2.22. The number of amides is 1. The van der Waals surface area contributed by atoms with Gasteiger partial charge in [-0.3, -0.25) is 4.79 Å². The van der Waals surface area contributed by atoms with Crippen LogP contribution in [0.3, 0.4) is 0 Å². The molecule has 4 nitrogen and oxygen atoms in total. The van der Waals surface area contributed by atoms with Gasteiger partial charge in [-0.05, 0) is 18.2 Å². The molecule has 0 aliphatic rings. The summed E-state index contributed by atoms with van der Waals surface area (Å²) in [5, 5.41) is 12.3. The van der Waals surface area contributed by atoms with Crippen LogP contribution in [0.4, 0.5) is 5.69 Å². The van der Waals surface area contributed by atoms with Crippen LogP contribution in [0, 0.1) is 5.41 Å². The Bertz CT molecular complexity index is 375. The summed E-state index contributed by atoms with van der Waals surface area (Å²) < 4.78 is 0. The Kier molecular flexibility index (Phi) is 3.90. The van der Waals surface area contributed by atoms with Crippen LogP contribution >= 0.6 is 0 Å². The molecule has 1 aromatic rings. The highest BCUT2D eigenvalue weighted by atomic mass is 16.3. The minimum atomic E-state index is -0.440. The van der Waals surface area contributed by atoms with Crippen molar-refractivity contribution in [2.75, 3.05) is 18.5 Å². The fourth-order valence-corrected chi connectivity index (χ4v) is 1.18. The average Bonchev–Trinajstić information content (AvgIpc) is 2.27. The average molecular weight is 222 g/mol. The summed E-state index contributed by atoms with van der Waals surface area (Å²) in [4.78, 5) is 11.0. The van der Waals surface area contributed by atoms with Crippen LogP contribution in [0.2, 0.25) is 0 Å². The van der Waals surface area contributed by atoms with Crippen molar-refractivity contribution in [1.29, 1.82) is 0 Å². The van der Waals surface area contributed by atoms with Gasteiger partial charge in [-0.25, -0.2) is 0 Å². The van der Waals surface area contributed by atoms with E-state index in [4.69, 9.17) is 10.8 Å². The molecule has 0 aromatic heterocycles. The van der Waals surface area contributed by atoms with Crippen molar-refractivity contribution in [3.8, 4) is 0 Å². The van der Waals surface area contributed by atoms with Gasteiger partial charge in [0.05, 0.1) is 0 Å². The molecule has 0 fully saturated rings. The van der Waals surface area contributed by atoms with Gasteiger partial charge in [0.2, 0.25) is 5.91 Å². The predicted octanol–water partition coefficient (Wildman–Crippen LogP) is 1.22. The first-order chi connectivity index (χ1) is 7.44. The molecule has 1 aromatic carbocycles. The summed E-state index contributed by atoms with van der Waals surface area (Å²) in [7, 11) is 0. The third kappa shape index (κ3) is 3.55. The first-order valence-electron chi connectivity index (χ1n) is 5.19. The number of hydrogen-bond acceptors (Lipinski definition) is 3. The van der Waals surface area contributed by atoms with Gasteiger partial charge >= 0.3 is 0 Å². The normalized spacial score (nSPS) is 11.2. The number of anilines is 1. The first kappa shape index (κ1) is 12.5. The van der Waals surface area contributed by atoms with Crippen molar-refractivity contribution in [3.63, 3.8) is 0 Å². The lowest BCUT2D eigenvalue weighted by molar-refractivity contribution is 0.100. The lowest BCUT2D eigenvalue weighted by atomic mass is 9.95. The zero-order chi connectivity index (χ0) is 12.2. The van der Waals surface area contributed by atoms with Crippen LogP contribution in [0.15, 0.2) is 24.3 Å². The molecule has 0 saturated carbocycles. The molecule has 0 unspecified atom stereocenters. The van der Waals surface area contributed by atoms with Gasteiger partial charge in [0, 0.05) is 29.8 Å². The molecule has 4 heteroatoms. The van der Waals surface area contributed by atoms with Gasteiger partial charge in [0.1, 0.15) is 0 Å². The van der Waals surface area contributed by atoms with Crippen LogP contribution in [0.25, 0.3) is 0 Å². The summed E-state index contributed by atoms with van der Waals surface area (Å²) in [5.74, 6) is -0.440. The van der Waals surface area contributed by atoms with E-state index in [2.05, 4.69) is 5.32 Å². The maximum absolute atomic E-state index is 11.0. The van der Waals surface area contributed by atoms with Gasteiger partial charge in [0.15, 0.2) is 0 Å². The monoisotopic (exact) mass is 222 g/mol.